The van der Waals surface area contributed by atoms with E-state index in [4.69, 9.17) is 5.11 Å². The number of hydrogen-bond acceptors (Lipinski definition) is 4. The average molecular weight is 265 g/mol. The summed E-state index contributed by atoms with van der Waals surface area (Å²) in [6, 6.07) is 3.57. The predicted molar refractivity (Wildman–Crippen MR) is 76.4 cm³/mol. The van der Waals surface area contributed by atoms with E-state index in [1.165, 1.54) is 0 Å². The Hall–Kier alpha value is -1.62. The maximum absolute atomic E-state index is 11.9. The minimum Gasteiger partial charge on any atom is -0.396 e. The molecule has 0 bridgehead atoms. The van der Waals surface area contributed by atoms with Crippen LogP contribution in [0.3, 0.4) is 0 Å². The lowest BCUT2D eigenvalue weighted by atomic mass is 9.90. The monoisotopic (exact) mass is 265 g/mol. The number of pyridine rings is 1. The lowest BCUT2D eigenvalue weighted by Crippen LogP contribution is -2.34. The zero-order chi connectivity index (χ0) is 14.5. The molecule has 1 aromatic heterocycles. The van der Waals surface area contributed by atoms with Crippen LogP contribution in [0.25, 0.3) is 0 Å². The molecule has 0 spiro atoms. The van der Waals surface area contributed by atoms with Crippen molar-refractivity contribution in [1.29, 1.82) is 0 Å². The van der Waals surface area contributed by atoms with Gasteiger partial charge in [0.25, 0.3) is 5.91 Å². The van der Waals surface area contributed by atoms with Crippen LogP contribution in [0.15, 0.2) is 18.3 Å². The number of hydrogen-bond donors (Lipinski definition) is 2. The Labute approximate surface area is 114 Å². The number of nitrogens with zero attached hydrogens (tertiary/aromatic N) is 2. The summed E-state index contributed by atoms with van der Waals surface area (Å²) in [4.78, 5) is 18.0. The molecule has 0 unspecified atom stereocenters. The predicted octanol–water partition coefficient (Wildman–Crippen LogP) is 1.29. The van der Waals surface area contributed by atoms with E-state index in [0.29, 0.717) is 18.5 Å². The molecule has 0 atom stereocenters. The number of aromatic nitrogens is 1. The summed E-state index contributed by atoms with van der Waals surface area (Å²) in [7, 11) is 3.80. The van der Waals surface area contributed by atoms with Gasteiger partial charge in [-0.2, -0.15) is 0 Å². The van der Waals surface area contributed by atoms with Gasteiger partial charge in [-0.1, -0.05) is 13.8 Å². The van der Waals surface area contributed by atoms with Crippen molar-refractivity contribution in [3.63, 3.8) is 0 Å². The molecule has 1 rings (SSSR count). The van der Waals surface area contributed by atoms with Gasteiger partial charge in [-0.25, -0.2) is 4.98 Å². The van der Waals surface area contributed by atoms with E-state index < -0.39 is 0 Å². The van der Waals surface area contributed by atoms with Crippen LogP contribution in [-0.4, -0.2) is 43.2 Å². The molecule has 0 saturated heterocycles. The van der Waals surface area contributed by atoms with Crippen molar-refractivity contribution in [2.75, 3.05) is 32.1 Å². The van der Waals surface area contributed by atoms with Gasteiger partial charge in [-0.05, 0) is 24.0 Å². The zero-order valence-electron chi connectivity index (χ0n) is 12.1. The molecule has 0 aromatic carbocycles. The van der Waals surface area contributed by atoms with Crippen molar-refractivity contribution in [3.8, 4) is 0 Å². The molecule has 1 aromatic rings. The number of aliphatic hydroxyl groups is 1. The number of aliphatic hydroxyl groups excluding tert-OH is 1. The van der Waals surface area contributed by atoms with E-state index in [1.807, 2.05) is 38.9 Å². The Bertz CT molecular complexity index is 413. The van der Waals surface area contributed by atoms with E-state index in [9.17, 15) is 4.79 Å². The molecular weight excluding hydrogens is 242 g/mol. The maximum Gasteiger partial charge on any atom is 0.252 e. The molecule has 0 radical (unpaired) electrons. The van der Waals surface area contributed by atoms with Crippen LogP contribution >= 0.6 is 0 Å². The third-order valence-electron chi connectivity index (χ3n) is 2.98. The summed E-state index contributed by atoms with van der Waals surface area (Å²) in [6.07, 6.45) is 2.23. The number of carbonyl (C=O) groups excluding carboxylic acids is 1. The fraction of sp³-hybridized carbons (Fsp3) is 0.571. The van der Waals surface area contributed by atoms with E-state index in [0.717, 1.165) is 5.82 Å². The fourth-order valence-corrected chi connectivity index (χ4v) is 1.60. The van der Waals surface area contributed by atoms with Crippen molar-refractivity contribution in [3.05, 3.63) is 23.9 Å². The van der Waals surface area contributed by atoms with Crippen LogP contribution in [0, 0.1) is 5.41 Å². The van der Waals surface area contributed by atoms with Gasteiger partial charge >= 0.3 is 0 Å². The van der Waals surface area contributed by atoms with Crippen molar-refractivity contribution in [2.45, 2.75) is 20.3 Å². The molecular formula is C14H23N3O2. The molecule has 19 heavy (non-hydrogen) atoms. The quantitative estimate of drug-likeness (QED) is 0.813. The molecule has 1 amide bonds. The first-order valence-corrected chi connectivity index (χ1v) is 6.38. The van der Waals surface area contributed by atoms with Gasteiger partial charge in [0.05, 0.1) is 5.56 Å². The van der Waals surface area contributed by atoms with E-state index in [-0.39, 0.29) is 17.9 Å². The van der Waals surface area contributed by atoms with Crippen LogP contribution in [0.1, 0.15) is 30.6 Å². The highest BCUT2D eigenvalue weighted by Gasteiger charge is 2.18. The van der Waals surface area contributed by atoms with E-state index >= 15 is 0 Å². The van der Waals surface area contributed by atoms with Gasteiger partial charge in [-0.3, -0.25) is 4.79 Å². The highest BCUT2D eigenvalue weighted by atomic mass is 16.3. The SMILES string of the molecule is CN(C)c1ccc(C(=O)NCC(C)(C)CCO)cn1. The van der Waals surface area contributed by atoms with Crippen LogP contribution in [0.5, 0.6) is 0 Å². The van der Waals surface area contributed by atoms with Gasteiger partial charge in [0.1, 0.15) is 5.82 Å². The number of anilines is 1. The first kappa shape index (κ1) is 15.4. The molecule has 5 heteroatoms. The lowest BCUT2D eigenvalue weighted by molar-refractivity contribution is 0.0928. The molecule has 0 aliphatic heterocycles. The summed E-state index contributed by atoms with van der Waals surface area (Å²) in [6.45, 7) is 4.68. The Morgan fingerprint density at radius 1 is 1.42 bits per heavy atom. The van der Waals surface area contributed by atoms with Crippen molar-refractivity contribution < 1.29 is 9.90 Å². The summed E-state index contributed by atoms with van der Waals surface area (Å²) in [5.74, 6) is 0.681. The summed E-state index contributed by atoms with van der Waals surface area (Å²) in [5, 5.41) is 11.8. The van der Waals surface area contributed by atoms with Crippen LogP contribution in [-0.2, 0) is 0 Å². The fourth-order valence-electron chi connectivity index (χ4n) is 1.60. The Kier molecular flexibility index (Phi) is 5.30. The second-order valence-electron chi connectivity index (χ2n) is 5.62. The third-order valence-corrected chi connectivity index (χ3v) is 2.98. The van der Waals surface area contributed by atoms with Gasteiger partial charge in [-0.15, -0.1) is 0 Å². The number of nitrogens with one attached hydrogen (secondary N) is 1. The van der Waals surface area contributed by atoms with Crippen LogP contribution < -0.4 is 10.2 Å². The smallest absolute Gasteiger partial charge is 0.252 e. The lowest BCUT2D eigenvalue weighted by Gasteiger charge is -2.23. The minimum atomic E-state index is -0.135. The third kappa shape index (κ3) is 4.87. The summed E-state index contributed by atoms with van der Waals surface area (Å²) < 4.78 is 0. The van der Waals surface area contributed by atoms with Gasteiger partial charge in [0, 0.05) is 33.4 Å². The molecule has 0 saturated carbocycles. The van der Waals surface area contributed by atoms with Gasteiger partial charge in [0.2, 0.25) is 0 Å². The molecule has 0 fully saturated rings. The van der Waals surface area contributed by atoms with Crippen molar-refractivity contribution >= 4 is 11.7 Å². The Balaban J connectivity index is 2.59. The van der Waals surface area contributed by atoms with E-state index in [2.05, 4.69) is 10.3 Å². The second kappa shape index (κ2) is 6.52. The van der Waals surface area contributed by atoms with E-state index in [1.54, 1.807) is 12.3 Å². The Morgan fingerprint density at radius 2 is 2.11 bits per heavy atom. The topological polar surface area (TPSA) is 65.5 Å². The van der Waals surface area contributed by atoms with Gasteiger partial charge < -0.3 is 15.3 Å². The number of rotatable bonds is 6. The van der Waals surface area contributed by atoms with Crippen LogP contribution in [0.4, 0.5) is 5.82 Å². The molecule has 2 N–H and O–H groups in total. The number of carbonyl (C=O) groups is 1. The van der Waals surface area contributed by atoms with Crippen molar-refractivity contribution in [2.24, 2.45) is 5.41 Å². The molecule has 5 nitrogen and oxygen atoms in total. The molecule has 1 heterocycles. The zero-order valence-corrected chi connectivity index (χ0v) is 12.1. The maximum atomic E-state index is 11.9. The minimum absolute atomic E-state index is 0.110. The molecule has 106 valence electrons. The first-order valence-electron chi connectivity index (χ1n) is 6.38. The summed E-state index contributed by atoms with van der Waals surface area (Å²) in [5.41, 5.74) is 0.437. The summed E-state index contributed by atoms with van der Waals surface area (Å²) >= 11 is 0. The van der Waals surface area contributed by atoms with Gasteiger partial charge in [0.15, 0.2) is 0 Å². The molecule has 0 aliphatic carbocycles. The largest absolute Gasteiger partial charge is 0.396 e. The normalized spacial score (nSPS) is 11.2. The Morgan fingerprint density at radius 3 is 2.58 bits per heavy atom. The standard InChI is InChI=1S/C14H23N3O2/c1-14(2,7-8-18)10-16-13(19)11-5-6-12(15-9-11)17(3)4/h5-6,9,18H,7-8,10H2,1-4H3,(H,16,19). The average Bonchev–Trinajstić information content (AvgIpc) is 2.36. The highest BCUT2D eigenvalue weighted by molar-refractivity contribution is 5.94. The highest BCUT2D eigenvalue weighted by Crippen LogP contribution is 2.18. The number of amides is 1. The van der Waals surface area contributed by atoms with Crippen molar-refractivity contribution in [1.82, 2.24) is 10.3 Å². The second-order valence-corrected chi connectivity index (χ2v) is 5.62. The first-order chi connectivity index (χ1) is 8.85. The van der Waals surface area contributed by atoms with Crippen LogP contribution in [0.2, 0.25) is 0 Å². The molecule has 0 aliphatic rings.